The lowest BCUT2D eigenvalue weighted by molar-refractivity contribution is 0.151. The Morgan fingerprint density at radius 3 is 2.88 bits per heavy atom. The number of fused-ring (bicyclic) bond motifs is 1. The van der Waals surface area contributed by atoms with Crippen molar-refractivity contribution in [1.29, 1.82) is 0 Å². The molecule has 2 aromatic rings. The summed E-state index contributed by atoms with van der Waals surface area (Å²) in [5.74, 6) is 0.520. The highest BCUT2D eigenvalue weighted by Gasteiger charge is 2.40. The molecule has 0 spiro atoms. The van der Waals surface area contributed by atoms with Crippen molar-refractivity contribution in [3.05, 3.63) is 30.0 Å². The molecule has 0 bridgehead atoms. The van der Waals surface area contributed by atoms with Gasteiger partial charge in [-0.1, -0.05) is 6.07 Å². The largest absolute Gasteiger partial charge is 0.480 e. The highest BCUT2D eigenvalue weighted by atomic mass is 16.5. The predicted molar refractivity (Wildman–Crippen MR) is 64.0 cm³/mol. The first kappa shape index (κ1) is 10.5. The van der Waals surface area contributed by atoms with E-state index in [4.69, 9.17) is 4.74 Å². The lowest BCUT2D eigenvalue weighted by Gasteiger charge is -2.08. The molecule has 0 amide bonds. The van der Waals surface area contributed by atoms with Crippen LogP contribution >= 0.6 is 0 Å². The van der Waals surface area contributed by atoms with Crippen LogP contribution < -0.4 is 4.74 Å². The maximum Gasteiger partial charge on any atom is 0.232 e. The molecule has 0 unspecified atom stereocenters. The molecule has 1 aromatic heterocycles. The molecule has 88 valence electrons. The molecule has 1 aliphatic carbocycles. The van der Waals surface area contributed by atoms with Gasteiger partial charge >= 0.3 is 0 Å². The monoisotopic (exact) mass is 230 g/mol. The van der Waals surface area contributed by atoms with E-state index in [-0.39, 0.29) is 0 Å². The fourth-order valence-corrected chi connectivity index (χ4v) is 1.95. The van der Waals surface area contributed by atoms with Crippen molar-refractivity contribution in [2.24, 2.45) is 0 Å². The van der Waals surface area contributed by atoms with Crippen LogP contribution in [0.1, 0.15) is 18.4 Å². The van der Waals surface area contributed by atoms with Gasteiger partial charge in [0.2, 0.25) is 5.88 Å². The number of aromatic nitrogens is 2. The average molecular weight is 230 g/mol. The van der Waals surface area contributed by atoms with Crippen molar-refractivity contribution in [1.82, 2.24) is 9.97 Å². The van der Waals surface area contributed by atoms with Crippen molar-refractivity contribution in [3.63, 3.8) is 0 Å². The van der Waals surface area contributed by atoms with Crippen LogP contribution in [0.2, 0.25) is 0 Å². The van der Waals surface area contributed by atoms with Crippen LogP contribution in [0.4, 0.5) is 0 Å². The van der Waals surface area contributed by atoms with Crippen LogP contribution in [-0.4, -0.2) is 27.8 Å². The number of hydrogen-bond donors (Lipinski definition) is 1. The van der Waals surface area contributed by atoms with Gasteiger partial charge < -0.3 is 9.84 Å². The van der Waals surface area contributed by atoms with E-state index in [9.17, 15) is 5.11 Å². The van der Waals surface area contributed by atoms with E-state index >= 15 is 0 Å². The lowest BCUT2D eigenvalue weighted by atomic mass is 10.1. The lowest BCUT2D eigenvalue weighted by Crippen LogP contribution is -2.10. The second kappa shape index (κ2) is 3.67. The SMILES string of the molecule is COc1cnc2cc(CC3(O)CC3)ccc2n1. The molecule has 0 saturated heterocycles. The van der Waals surface area contributed by atoms with E-state index in [1.54, 1.807) is 13.3 Å². The Morgan fingerprint density at radius 2 is 2.18 bits per heavy atom. The number of methoxy groups -OCH3 is 1. The van der Waals surface area contributed by atoms with Crippen molar-refractivity contribution >= 4 is 11.0 Å². The topological polar surface area (TPSA) is 55.2 Å². The summed E-state index contributed by atoms with van der Waals surface area (Å²) in [6, 6.07) is 5.90. The molecule has 17 heavy (non-hydrogen) atoms. The maximum absolute atomic E-state index is 9.88. The first-order valence-electron chi connectivity index (χ1n) is 5.71. The van der Waals surface area contributed by atoms with E-state index in [0.29, 0.717) is 12.3 Å². The number of nitrogens with zero attached hydrogens (tertiary/aromatic N) is 2. The second-order valence-corrected chi connectivity index (χ2v) is 4.64. The van der Waals surface area contributed by atoms with Crippen molar-refractivity contribution in [2.45, 2.75) is 24.9 Å². The highest BCUT2D eigenvalue weighted by molar-refractivity contribution is 5.75. The van der Waals surface area contributed by atoms with Crippen LogP contribution in [0.3, 0.4) is 0 Å². The summed E-state index contributed by atoms with van der Waals surface area (Å²) in [5, 5.41) is 9.88. The molecular formula is C13H14N2O2. The fraction of sp³-hybridized carbons (Fsp3) is 0.385. The standard InChI is InChI=1S/C13H14N2O2/c1-17-12-8-14-11-6-9(2-3-10(11)15-12)7-13(16)4-5-13/h2-3,6,8,16H,4-5,7H2,1H3. The van der Waals surface area contributed by atoms with Gasteiger partial charge in [-0.2, -0.15) is 0 Å². The first-order valence-corrected chi connectivity index (χ1v) is 5.71. The summed E-state index contributed by atoms with van der Waals surface area (Å²) in [5.41, 5.74) is 2.30. The smallest absolute Gasteiger partial charge is 0.232 e. The molecule has 0 aliphatic heterocycles. The van der Waals surface area contributed by atoms with Crippen molar-refractivity contribution in [3.8, 4) is 5.88 Å². The van der Waals surface area contributed by atoms with E-state index in [2.05, 4.69) is 9.97 Å². The molecule has 1 N–H and O–H groups in total. The molecule has 1 heterocycles. The third kappa shape index (κ3) is 2.08. The Balaban J connectivity index is 1.95. The molecule has 1 saturated carbocycles. The summed E-state index contributed by atoms with van der Waals surface area (Å²) >= 11 is 0. The Labute approximate surface area is 99.3 Å². The number of aliphatic hydroxyl groups is 1. The zero-order valence-corrected chi connectivity index (χ0v) is 9.68. The van der Waals surface area contributed by atoms with E-state index in [1.807, 2.05) is 18.2 Å². The van der Waals surface area contributed by atoms with Gasteiger partial charge in [0.25, 0.3) is 0 Å². The van der Waals surface area contributed by atoms with Crippen molar-refractivity contribution < 1.29 is 9.84 Å². The summed E-state index contributed by atoms with van der Waals surface area (Å²) in [6.07, 6.45) is 4.12. The quantitative estimate of drug-likeness (QED) is 0.872. The second-order valence-electron chi connectivity index (χ2n) is 4.64. The summed E-state index contributed by atoms with van der Waals surface area (Å²) in [7, 11) is 1.58. The minimum Gasteiger partial charge on any atom is -0.480 e. The van der Waals surface area contributed by atoms with Crippen LogP contribution in [0.15, 0.2) is 24.4 Å². The number of ether oxygens (including phenoxy) is 1. The zero-order chi connectivity index (χ0) is 11.9. The van der Waals surface area contributed by atoms with E-state index < -0.39 is 5.60 Å². The molecular weight excluding hydrogens is 216 g/mol. The molecule has 4 nitrogen and oxygen atoms in total. The van der Waals surface area contributed by atoms with Crippen molar-refractivity contribution in [2.75, 3.05) is 7.11 Å². The molecule has 3 rings (SSSR count). The number of benzene rings is 1. The van der Waals surface area contributed by atoms with Crippen LogP contribution in [0, 0.1) is 0 Å². The van der Waals surface area contributed by atoms with Gasteiger partial charge in [-0.25, -0.2) is 9.97 Å². The highest BCUT2D eigenvalue weighted by Crippen LogP contribution is 2.38. The van der Waals surface area contributed by atoms with Crippen LogP contribution in [0.5, 0.6) is 5.88 Å². The van der Waals surface area contributed by atoms with Gasteiger partial charge in [0.1, 0.15) is 0 Å². The molecule has 0 atom stereocenters. The number of hydrogen-bond acceptors (Lipinski definition) is 4. The third-order valence-electron chi connectivity index (χ3n) is 3.15. The first-order chi connectivity index (χ1) is 8.18. The van der Waals surface area contributed by atoms with Gasteiger partial charge in [0.15, 0.2) is 0 Å². The molecule has 1 aromatic carbocycles. The normalized spacial score (nSPS) is 17.1. The Bertz CT molecular complexity index is 564. The minimum atomic E-state index is -0.465. The van der Waals surface area contributed by atoms with Gasteiger partial charge in [0, 0.05) is 6.42 Å². The van der Waals surface area contributed by atoms with E-state index in [0.717, 1.165) is 29.4 Å². The van der Waals surface area contributed by atoms with E-state index in [1.165, 1.54) is 0 Å². The van der Waals surface area contributed by atoms with Crippen LogP contribution in [-0.2, 0) is 6.42 Å². The average Bonchev–Trinajstić information content (AvgIpc) is 3.06. The summed E-state index contributed by atoms with van der Waals surface area (Å²) < 4.78 is 5.03. The van der Waals surface area contributed by atoms with Gasteiger partial charge in [-0.05, 0) is 30.5 Å². The zero-order valence-electron chi connectivity index (χ0n) is 9.68. The Hall–Kier alpha value is -1.68. The molecule has 0 radical (unpaired) electrons. The van der Waals surface area contributed by atoms with Crippen LogP contribution in [0.25, 0.3) is 11.0 Å². The number of rotatable bonds is 3. The van der Waals surface area contributed by atoms with Gasteiger partial charge in [-0.3, -0.25) is 0 Å². The molecule has 1 aliphatic rings. The molecule has 1 fully saturated rings. The predicted octanol–water partition coefficient (Wildman–Crippen LogP) is 1.71. The fourth-order valence-electron chi connectivity index (χ4n) is 1.95. The Morgan fingerprint density at radius 1 is 1.35 bits per heavy atom. The Kier molecular flexibility index (Phi) is 2.26. The third-order valence-corrected chi connectivity index (χ3v) is 3.15. The van der Waals surface area contributed by atoms with Gasteiger partial charge in [0.05, 0.1) is 29.9 Å². The summed E-state index contributed by atoms with van der Waals surface area (Å²) in [6.45, 7) is 0. The minimum absolute atomic E-state index is 0.465. The van der Waals surface area contributed by atoms with Gasteiger partial charge in [-0.15, -0.1) is 0 Å². The molecule has 4 heteroatoms. The summed E-state index contributed by atoms with van der Waals surface area (Å²) in [4.78, 5) is 8.59. The maximum atomic E-state index is 9.88.